The van der Waals surface area contributed by atoms with Gasteiger partial charge in [0, 0.05) is 25.3 Å². The van der Waals surface area contributed by atoms with E-state index in [1.54, 1.807) is 5.01 Å². The van der Waals surface area contributed by atoms with Crippen LogP contribution in [0.2, 0.25) is 0 Å². The van der Waals surface area contributed by atoms with Gasteiger partial charge in [-0.1, -0.05) is 26.0 Å². The summed E-state index contributed by atoms with van der Waals surface area (Å²) in [6.45, 7) is 7.03. The molecule has 1 aromatic carbocycles. The number of nitrogens with zero attached hydrogens (tertiary/aromatic N) is 3. The molecule has 9 nitrogen and oxygen atoms in total. The number of methoxy groups -OCH3 is 1. The lowest BCUT2D eigenvalue weighted by Gasteiger charge is -2.45. The first-order chi connectivity index (χ1) is 15.4. The summed E-state index contributed by atoms with van der Waals surface area (Å²) in [6, 6.07) is 7.28. The second-order valence-electron chi connectivity index (χ2n) is 8.52. The first-order valence-corrected chi connectivity index (χ1v) is 10.8. The van der Waals surface area contributed by atoms with Gasteiger partial charge in [0.05, 0.1) is 12.7 Å². The van der Waals surface area contributed by atoms with Gasteiger partial charge in [-0.05, 0) is 36.5 Å². The number of hydrogen-bond acceptors (Lipinski definition) is 9. The van der Waals surface area contributed by atoms with Crippen molar-refractivity contribution in [3.05, 3.63) is 36.0 Å². The van der Waals surface area contributed by atoms with Crippen molar-refractivity contribution in [2.24, 2.45) is 5.92 Å². The first-order valence-electron chi connectivity index (χ1n) is 10.8. The van der Waals surface area contributed by atoms with Crippen molar-refractivity contribution in [3.8, 4) is 0 Å². The molecule has 2 saturated heterocycles. The summed E-state index contributed by atoms with van der Waals surface area (Å²) in [5, 5.41) is 3.67. The van der Waals surface area contributed by atoms with Crippen LogP contribution < -0.4 is 4.90 Å². The molecule has 2 heterocycles. The number of carbonyl (C=O) groups is 2. The van der Waals surface area contributed by atoms with E-state index in [1.165, 1.54) is 13.3 Å². The second kappa shape index (κ2) is 10.6. The maximum Gasteiger partial charge on any atom is 0.330 e. The molecule has 0 radical (unpaired) electrons. The van der Waals surface area contributed by atoms with Gasteiger partial charge in [-0.2, -0.15) is 0 Å². The van der Waals surface area contributed by atoms with E-state index in [9.17, 15) is 14.4 Å². The average Bonchev–Trinajstić information content (AvgIpc) is 3.21. The third kappa shape index (κ3) is 5.30. The van der Waals surface area contributed by atoms with Crippen LogP contribution in [0.3, 0.4) is 0 Å². The Kier molecular flexibility index (Phi) is 7.90. The molecule has 32 heavy (non-hydrogen) atoms. The topological polar surface area (TPSA) is 88.6 Å². The number of carbonyl (C=O) groups excluding carboxylic acids is 3. The van der Waals surface area contributed by atoms with Crippen LogP contribution in [0.1, 0.15) is 32.3 Å². The summed E-state index contributed by atoms with van der Waals surface area (Å²) in [7, 11) is 1.35. The maximum absolute atomic E-state index is 12.4. The highest BCUT2D eigenvalue weighted by Crippen LogP contribution is 2.35. The Balaban J connectivity index is 1.66. The number of benzene rings is 1. The third-order valence-corrected chi connectivity index (χ3v) is 6.12. The van der Waals surface area contributed by atoms with Gasteiger partial charge in [0.2, 0.25) is 0 Å². The monoisotopic (exact) mass is 445 g/mol. The summed E-state index contributed by atoms with van der Waals surface area (Å²) in [6.07, 6.45) is 2.80. The van der Waals surface area contributed by atoms with E-state index in [4.69, 9.17) is 14.2 Å². The Labute approximate surface area is 188 Å². The molecule has 0 aromatic heterocycles. The normalized spacial score (nSPS) is 18.8. The maximum atomic E-state index is 12.4. The Morgan fingerprint density at radius 1 is 1.34 bits per heavy atom. The van der Waals surface area contributed by atoms with E-state index < -0.39 is 6.04 Å². The Bertz CT molecular complexity index is 846. The summed E-state index contributed by atoms with van der Waals surface area (Å²) >= 11 is 0. The van der Waals surface area contributed by atoms with Crippen molar-refractivity contribution in [3.63, 3.8) is 0 Å². The molecule has 2 fully saturated rings. The fourth-order valence-electron chi connectivity index (χ4n) is 4.43. The SMILES string of the molecule is COC(=O)[C@H](C(C)C)N(C=C=O)N1CCC2(CC1)CN(c1cccc(COC=O)c1)CO2. The molecule has 1 atom stereocenters. The predicted molar refractivity (Wildman–Crippen MR) is 117 cm³/mol. The van der Waals surface area contributed by atoms with E-state index in [2.05, 4.69) is 4.90 Å². The van der Waals surface area contributed by atoms with Crippen molar-refractivity contribution in [2.45, 2.75) is 44.9 Å². The van der Waals surface area contributed by atoms with Crippen LogP contribution in [0.25, 0.3) is 0 Å². The highest BCUT2D eigenvalue weighted by atomic mass is 16.5. The molecule has 2 aliphatic heterocycles. The van der Waals surface area contributed by atoms with Gasteiger partial charge in [0.15, 0.2) is 0 Å². The number of hydrogen-bond donors (Lipinski definition) is 0. The number of hydrazine groups is 1. The molecule has 0 amide bonds. The number of esters is 1. The molecular formula is C23H31N3O6. The summed E-state index contributed by atoms with van der Waals surface area (Å²) < 4.78 is 16.1. The molecule has 3 rings (SSSR count). The van der Waals surface area contributed by atoms with E-state index >= 15 is 0 Å². The molecule has 0 bridgehead atoms. The van der Waals surface area contributed by atoms with Crippen molar-refractivity contribution in [1.29, 1.82) is 0 Å². The Morgan fingerprint density at radius 2 is 2.09 bits per heavy atom. The fourth-order valence-corrected chi connectivity index (χ4v) is 4.43. The lowest BCUT2D eigenvalue weighted by molar-refractivity contribution is -0.160. The van der Waals surface area contributed by atoms with Crippen LogP contribution in [-0.2, 0) is 35.2 Å². The lowest BCUT2D eigenvalue weighted by atomic mass is 9.91. The first kappa shape index (κ1) is 23.8. The molecule has 9 heteroatoms. The number of ether oxygens (including phenoxy) is 3. The van der Waals surface area contributed by atoms with Crippen LogP contribution in [-0.4, -0.2) is 73.5 Å². The quantitative estimate of drug-likeness (QED) is 0.320. The Hall–Kier alpha value is -2.87. The third-order valence-electron chi connectivity index (χ3n) is 6.12. The molecular weight excluding hydrogens is 414 g/mol. The minimum atomic E-state index is -0.590. The van der Waals surface area contributed by atoms with Gasteiger partial charge >= 0.3 is 5.97 Å². The Morgan fingerprint density at radius 3 is 2.72 bits per heavy atom. The zero-order valence-corrected chi connectivity index (χ0v) is 18.9. The minimum Gasteiger partial charge on any atom is -0.467 e. The van der Waals surface area contributed by atoms with Gasteiger partial charge in [-0.25, -0.2) is 14.6 Å². The molecule has 0 saturated carbocycles. The van der Waals surface area contributed by atoms with Gasteiger partial charge in [-0.15, -0.1) is 0 Å². The molecule has 0 N–H and O–H groups in total. The molecule has 174 valence electrons. The molecule has 1 aromatic rings. The van der Waals surface area contributed by atoms with Crippen LogP contribution in [0.5, 0.6) is 0 Å². The second-order valence-corrected chi connectivity index (χ2v) is 8.52. The summed E-state index contributed by atoms with van der Waals surface area (Å²) in [4.78, 5) is 36.2. The van der Waals surface area contributed by atoms with Crippen molar-refractivity contribution in [1.82, 2.24) is 10.0 Å². The zero-order chi connectivity index (χ0) is 23.1. The van der Waals surface area contributed by atoms with Crippen LogP contribution >= 0.6 is 0 Å². The van der Waals surface area contributed by atoms with Gasteiger partial charge in [0.25, 0.3) is 6.47 Å². The molecule has 1 spiro atoms. The summed E-state index contributed by atoms with van der Waals surface area (Å²) in [5.41, 5.74) is 1.65. The number of piperidine rings is 1. The predicted octanol–water partition coefficient (Wildman–Crippen LogP) is 1.75. The smallest absolute Gasteiger partial charge is 0.330 e. The summed E-state index contributed by atoms with van der Waals surface area (Å²) in [5.74, 6) is 1.39. The zero-order valence-electron chi connectivity index (χ0n) is 18.9. The van der Waals surface area contributed by atoms with Crippen molar-refractivity contribution < 1.29 is 28.6 Å². The molecule has 0 unspecified atom stereocenters. The largest absolute Gasteiger partial charge is 0.467 e. The highest BCUT2D eigenvalue weighted by Gasteiger charge is 2.44. The fraction of sp³-hybridized carbons (Fsp3) is 0.565. The van der Waals surface area contributed by atoms with E-state index in [0.717, 1.165) is 30.6 Å². The molecule has 2 aliphatic rings. The van der Waals surface area contributed by atoms with Crippen LogP contribution in [0.15, 0.2) is 30.5 Å². The molecule has 0 aliphatic carbocycles. The van der Waals surface area contributed by atoms with Crippen molar-refractivity contribution in [2.75, 3.05) is 38.4 Å². The van der Waals surface area contributed by atoms with E-state index in [1.807, 2.05) is 49.1 Å². The van der Waals surface area contributed by atoms with Crippen LogP contribution in [0.4, 0.5) is 5.69 Å². The lowest BCUT2D eigenvalue weighted by Crippen LogP contribution is -2.57. The van der Waals surface area contributed by atoms with E-state index in [0.29, 0.717) is 26.3 Å². The van der Waals surface area contributed by atoms with Gasteiger partial charge in [-0.3, -0.25) is 9.80 Å². The standard InChI is InChI=1S/C23H31N3O6/c1-18(2)21(22(29)30-3)26(11-12-27)25-9-7-23(8-10-25)15-24(16-32-23)20-6-4-5-19(13-20)14-31-17-28/h4-6,11,13,17-18,21H,7-10,14-16H2,1-3H3/t21-/m0/s1. The van der Waals surface area contributed by atoms with Crippen LogP contribution in [0, 0.1) is 5.92 Å². The van der Waals surface area contributed by atoms with Gasteiger partial charge in [0.1, 0.15) is 31.5 Å². The highest BCUT2D eigenvalue weighted by molar-refractivity contribution is 5.76. The number of anilines is 1. The number of rotatable bonds is 9. The van der Waals surface area contributed by atoms with E-state index in [-0.39, 0.29) is 24.1 Å². The van der Waals surface area contributed by atoms with Gasteiger partial charge < -0.3 is 19.1 Å². The average molecular weight is 446 g/mol. The van der Waals surface area contributed by atoms with Crippen molar-refractivity contribution >= 4 is 24.1 Å². The minimum absolute atomic E-state index is 0.0448.